The quantitative estimate of drug-likeness (QED) is 0.593. The van der Waals surface area contributed by atoms with Gasteiger partial charge in [-0.2, -0.15) is 0 Å². The molecule has 0 aliphatic rings. The molecule has 0 fully saturated rings. The second kappa shape index (κ2) is 8.03. The second-order valence-electron chi connectivity index (χ2n) is 5.71. The van der Waals surface area contributed by atoms with Crippen LogP contribution in [0.15, 0.2) is 36.4 Å². The summed E-state index contributed by atoms with van der Waals surface area (Å²) in [6.07, 6.45) is 0.0330. The van der Waals surface area contributed by atoms with Crippen LogP contribution in [0.1, 0.15) is 39.4 Å². The average Bonchev–Trinajstić information content (AvgIpc) is 2.94. The molecule has 2 unspecified atom stereocenters. The molecule has 2 N–H and O–H groups in total. The van der Waals surface area contributed by atoms with E-state index in [0.29, 0.717) is 22.7 Å². The lowest BCUT2D eigenvalue weighted by Crippen LogP contribution is -2.29. The van der Waals surface area contributed by atoms with Gasteiger partial charge in [-0.25, -0.2) is 0 Å². The Morgan fingerprint density at radius 3 is 2.58 bits per heavy atom. The number of benzene rings is 1. The molecule has 0 radical (unpaired) electrons. The van der Waals surface area contributed by atoms with E-state index in [1.165, 1.54) is 6.07 Å². The third-order valence-corrected chi connectivity index (χ3v) is 4.76. The Morgan fingerprint density at radius 2 is 2.04 bits per heavy atom. The molecule has 6 nitrogen and oxygen atoms in total. The minimum Gasteiger partial charge on any atom is -0.393 e. The normalized spacial score (nSPS) is 13.3. The van der Waals surface area contributed by atoms with E-state index in [0.717, 1.165) is 16.9 Å². The van der Waals surface area contributed by atoms with Gasteiger partial charge < -0.3 is 10.4 Å². The van der Waals surface area contributed by atoms with Crippen molar-refractivity contribution in [1.29, 1.82) is 0 Å². The lowest BCUT2D eigenvalue weighted by atomic mass is 9.93. The Labute approximate surface area is 144 Å². The first kappa shape index (κ1) is 18.1. The maximum Gasteiger partial charge on any atom is 0.283 e. The van der Waals surface area contributed by atoms with Crippen molar-refractivity contribution in [3.63, 3.8) is 0 Å². The Morgan fingerprint density at radius 1 is 1.38 bits per heavy atom. The number of hydrogen-bond acceptors (Lipinski definition) is 5. The Hall–Kier alpha value is -2.25. The predicted molar refractivity (Wildman–Crippen MR) is 93.5 cm³/mol. The first-order valence-electron chi connectivity index (χ1n) is 7.64. The van der Waals surface area contributed by atoms with Crippen molar-refractivity contribution in [1.82, 2.24) is 5.32 Å². The maximum atomic E-state index is 12.3. The molecule has 7 heteroatoms. The van der Waals surface area contributed by atoms with Crippen LogP contribution in [0.4, 0.5) is 5.69 Å². The first-order valence-corrected chi connectivity index (χ1v) is 8.46. The molecule has 0 saturated carbocycles. The number of aliphatic hydroxyl groups excluding tert-OH is 1. The number of rotatable bonds is 7. The molecule has 1 heterocycles. The fourth-order valence-corrected chi connectivity index (χ4v) is 3.45. The number of carbonyl (C=O) groups is 1. The molecule has 0 aliphatic carbocycles. The summed E-state index contributed by atoms with van der Waals surface area (Å²) in [7, 11) is 0. The molecule has 0 bridgehead atoms. The number of thiophene rings is 1. The van der Waals surface area contributed by atoms with Crippen molar-refractivity contribution >= 4 is 22.9 Å². The maximum absolute atomic E-state index is 12.3. The van der Waals surface area contributed by atoms with Gasteiger partial charge in [0.25, 0.3) is 11.6 Å². The van der Waals surface area contributed by atoms with Gasteiger partial charge in [0.05, 0.1) is 20.8 Å². The highest BCUT2D eigenvalue weighted by atomic mass is 32.1. The van der Waals surface area contributed by atoms with E-state index in [1.807, 2.05) is 30.3 Å². The minimum atomic E-state index is -0.489. The highest BCUT2D eigenvalue weighted by molar-refractivity contribution is 7.14. The van der Waals surface area contributed by atoms with Crippen LogP contribution >= 0.6 is 11.3 Å². The van der Waals surface area contributed by atoms with Crippen LogP contribution in [0, 0.1) is 17.0 Å². The predicted octanol–water partition coefficient (Wildman–Crippen LogP) is 3.25. The lowest BCUT2D eigenvalue weighted by Gasteiger charge is -2.19. The van der Waals surface area contributed by atoms with Gasteiger partial charge in [0.15, 0.2) is 0 Å². The van der Waals surface area contributed by atoms with Crippen molar-refractivity contribution < 1.29 is 14.8 Å². The SMILES string of the molecule is Cc1sc(C(=O)NCC(CC(C)O)c2ccccc2)cc1[N+](=O)[O-]. The minimum absolute atomic E-state index is 0.0220. The second-order valence-corrected chi connectivity index (χ2v) is 6.97. The summed E-state index contributed by atoms with van der Waals surface area (Å²) in [5.74, 6) is -0.353. The van der Waals surface area contributed by atoms with Gasteiger partial charge in [-0.1, -0.05) is 30.3 Å². The topological polar surface area (TPSA) is 92.5 Å². The number of nitrogens with zero attached hydrogens (tertiary/aromatic N) is 1. The molecule has 24 heavy (non-hydrogen) atoms. The van der Waals surface area contributed by atoms with Gasteiger partial charge in [-0.05, 0) is 25.8 Å². The smallest absolute Gasteiger partial charge is 0.283 e. The Kier molecular flexibility index (Phi) is 6.05. The third-order valence-electron chi connectivity index (χ3n) is 3.72. The van der Waals surface area contributed by atoms with Crippen LogP contribution in [-0.2, 0) is 0 Å². The van der Waals surface area contributed by atoms with E-state index in [1.54, 1.807) is 13.8 Å². The van der Waals surface area contributed by atoms with Crippen LogP contribution in [0.5, 0.6) is 0 Å². The monoisotopic (exact) mass is 348 g/mol. The fraction of sp³-hybridized carbons (Fsp3) is 0.353. The number of carbonyl (C=O) groups excluding carboxylic acids is 1. The van der Waals surface area contributed by atoms with E-state index in [9.17, 15) is 20.0 Å². The van der Waals surface area contributed by atoms with Crippen molar-refractivity contribution in [2.45, 2.75) is 32.3 Å². The van der Waals surface area contributed by atoms with Gasteiger partial charge in [0.2, 0.25) is 0 Å². The zero-order valence-corrected chi connectivity index (χ0v) is 14.4. The third kappa shape index (κ3) is 4.62. The van der Waals surface area contributed by atoms with Gasteiger partial charge >= 0.3 is 0 Å². The van der Waals surface area contributed by atoms with Crippen molar-refractivity contribution in [2.75, 3.05) is 6.54 Å². The number of nitrogens with one attached hydrogen (secondary N) is 1. The highest BCUT2D eigenvalue weighted by Gasteiger charge is 2.21. The summed E-state index contributed by atoms with van der Waals surface area (Å²) in [5.41, 5.74) is 1.00. The summed E-state index contributed by atoms with van der Waals surface area (Å²) < 4.78 is 0. The Bertz CT molecular complexity index is 713. The molecule has 2 atom stereocenters. The largest absolute Gasteiger partial charge is 0.393 e. The fourth-order valence-electron chi connectivity index (χ4n) is 2.54. The average molecular weight is 348 g/mol. The standard InChI is InChI=1S/C17H20N2O4S/c1-11(20)8-14(13-6-4-3-5-7-13)10-18-17(21)16-9-15(19(22)23)12(2)24-16/h3-7,9,11,14,20H,8,10H2,1-2H3,(H,18,21). The molecule has 2 aromatic rings. The van der Waals surface area contributed by atoms with Crippen molar-refractivity contribution in [3.8, 4) is 0 Å². The number of hydrogen-bond donors (Lipinski definition) is 2. The van der Waals surface area contributed by atoms with Crippen LogP contribution in [0.25, 0.3) is 0 Å². The number of aliphatic hydroxyl groups is 1. The van der Waals surface area contributed by atoms with Crippen LogP contribution in [0.3, 0.4) is 0 Å². The first-order chi connectivity index (χ1) is 11.4. The number of nitro groups is 1. The zero-order valence-electron chi connectivity index (χ0n) is 13.6. The lowest BCUT2D eigenvalue weighted by molar-refractivity contribution is -0.385. The van der Waals surface area contributed by atoms with Crippen molar-refractivity contribution in [3.05, 3.63) is 61.8 Å². The van der Waals surface area contributed by atoms with Gasteiger partial charge in [0, 0.05) is 18.5 Å². The molecule has 0 saturated heterocycles. The van der Waals surface area contributed by atoms with Crippen LogP contribution in [0.2, 0.25) is 0 Å². The van der Waals surface area contributed by atoms with Crippen LogP contribution in [-0.4, -0.2) is 28.6 Å². The van der Waals surface area contributed by atoms with Crippen molar-refractivity contribution in [2.24, 2.45) is 0 Å². The summed E-state index contributed by atoms with van der Waals surface area (Å²) in [5, 5.41) is 23.4. The summed E-state index contributed by atoms with van der Waals surface area (Å²) >= 11 is 1.11. The number of amides is 1. The molecule has 0 aliphatic heterocycles. The van der Waals surface area contributed by atoms with Gasteiger partial charge in [-0.3, -0.25) is 14.9 Å². The molecular formula is C17H20N2O4S. The molecule has 1 aromatic carbocycles. The molecule has 1 aromatic heterocycles. The summed E-state index contributed by atoms with van der Waals surface area (Å²) in [6, 6.07) is 11.0. The van der Waals surface area contributed by atoms with E-state index in [-0.39, 0.29) is 17.5 Å². The molecule has 2 rings (SSSR count). The summed E-state index contributed by atoms with van der Waals surface area (Å²) in [6.45, 7) is 3.70. The van der Waals surface area contributed by atoms with E-state index >= 15 is 0 Å². The highest BCUT2D eigenvalue weighted by Crippen LogP contribution is 2.28. The number of aryl methyl sites for hydroxylation is 1. The van der Waals surface area contributed by atoms with Crippen LogP contribution < -0.4 is 5.32 Å². The van der Waals surface area contributed by atoms with E-state index in [2.05, 4.69) is 5.32 Å². The Balaban J connectivity index is 2.07. The molecule has 1 amide bonds. The molecule has 0 spiro atoms. The van der Waals surface area contributed by atoms with Gasteiger partial charge in [0.1, 0.15) is 0 Å². The molecular weight excluding hydrogens is 328 g/mol. The van der Waals surface area contributed by atoms with E-state index in [4.69, 9.17) is 0 Å². The van der Waals surface area contributed by atoms with E-state index < -0.39 is 11.0 Å². The summed E-state index contributed by atoms with van der Waals surface area (Å²) in [4.78, 5) is 23.5. The molecule has 128 valence electrons. The zero-order chi connectivity index (χ0) is 17.7. The van der Waals surface area contributed by atoms with Gasteiger partial charge in [-0.15, -0.1) is 11.3 Å².